The molecular weight excluding hydrogens is 230 g/mol. The van der Waals surface area contributed by atoms with Gasteiger partial charge in [0.2, 0.25) is 0 Å². The number of rotatable bonds is 8. The van der Waals surface area contributed by atoms with Crippen LogP contribution in [0.4, 0.5) is 0 Å². The summed E-state index contributed by atoms with van der Waals surface area (Å²) >= 11 is 0. The van der Waals surface area contributed by atoms with Crippen LogP contribution in [0.5, 0.6) is 0 Å². The number of aliphatic hydroxyl groups is 2. The van der Waals surface area contributed by atoms with Crippen LogP contribution in [0.15, 0.2) is 0 Å². The van der Waals surface area contributed by atoms with Crippen molar-refractivity contribution in [2.75, 3.05) is 19.8 Å². The maximum atomic E-state index is 9.83. The zero-order valence-electron chi connectivity index (χ0n) is 11.8. The molecule has 3 atom stereocenters. The third-order valence-electron chi connectivity index (χ3n) is 3.89. The van der Waals surface area contributed by atoms with Gasteiger partial charge in [0, 0.05) is 19.2 Å². The summed E-state index contributed by atoms with van der Waals surface area (Å²) in [7, 11) is 0. The summed E-state index contributed by atoms with van der Waals surface area (Å²) < 4.78 is 5.72. The molecule has 0 bridgehead atoms. The number of aliphatic hydroxyl groups excluding tert-OH is 2. The van der Waals surface area contributed by atoms with Crippen molar-refractivity contribution < 1.29 is 14.9 Å². The van der Waals surface area contributed by atoms with E-state index in [1.807, 2.05) is 13.8 Å². The maximum absolute atomic E-state index is 9.83. The molecule has 1 aliphatic carbocycles. The average molecular weight is 259 g/mol. The first-order valence-electron chi connectivity index (χ1n) is 7.27. The topological polar surface area (TPSA) is 61.7 Å². The quantitative estimate of drug-likeness (QED) is 0.615. The Morgan fingerprint density at radius 3 is 2.50 bits per heavy atom. The number of hydrogen-bond donors (Lipinski definition) is 3. The van der Waals surface area contributed by atoms with Crippen LogP contribution in [0, 0.1) is 5.92 Å². The first-order valence-corrected chi connectivity index (χ1v) is 7.27. The Balaban J connectivity index is 2.07. The van der Waals surface area contributed by atoms with E-state index in [1.165, 1.54) is 19.3 Å². The van der Waals surface area contributed by atoms with Gasteiger partial charge in [0.05, 0.1) is 18.8 Å². The molecule has 1 fully saturated rings. The van der Waals surface area contributed by atoms with Gasteiger partial charge in [-0.05, 0) is 25.7 Å². The predicted molar refractivity (Wildman–Crippen MR) is 72.5 cm³/mol. The smallest absolute Gasteiger partial charge is 0.0897 e. The highest BCUT2D eigenvalue weighted by molar-refractivity contribution is 4.71. The van der Waals surface area contributed by atoms with Gasteiger partial charge in [-0.3, -0.25) is 0 Å². The van der Waals surface area contributed by atoms with Gasteiger partial charge in [-0.15, -0.1) is 0 Å². The van der Waals surface area contributed by atoms with Crippen LogP contribution < -0.4 is 5.32 Å². The molecule has 4 nitrogen and oxygen atoms in total. The lowest BCUT2D eigenvalue weighted by Gasteiger charge is -2.25. The lowest BCUT2D eigenvalue weighted by atomic mass is 9.98. The standard InChI is InChI=1S/C14H29NO3/c1-11(9-16)12(2)15-8-13(17)10-18-14-6-4-3-5-7-14/h11-17H,3-10H2,1-2H3. The summed E-state index contributed by atoms with van der Waals surface area (Å²) in [5, 5.41) is 22.1. The zero-order valence-corrected chi connectivity index (χ0v) is 11.8. The van der Waals surface area contributed by atoms with Crippen LogP contribution in [0.1, 0.15) is 46.0 Å². The van der Waals surface area contributed by atoms with Crippen molar-refractivity contribution in [3.63, 3.8) is 0 Å². The molecule has 0 spiro atoms. The van der Waals surface area contributed by atoms with Crippen LogP contribution in [0.2, 0.25) is 0 Å². The minimum Gasteiger partial charge on any atom is -0.396 e. The fourth-order valence-electron chi connectivity index (χ4n) is 2.22. The molecule has 0 aromatic rings. The van der Waals surface area contributed by atoms with Crippen molar-refractivity contribution >= 4 is 0 Å². The van der Waals surface area contributed by atoms with E-state index in [2.05, 4.69) is 5.32 Å². The summed E-state index contributed by atoms with van der Waals surface area (Å²) in [6.45, 7) is 5.12. The zero-order chi connectivity index (χ0) is 13.4. The van der Waals surface area contributed by atoms with Crippen LogP contribution in [0.25, 0.3) is 0 Å². The van der Waals surface area contributed by atoms with E-state index in [0.29, 0.717) is 19.3 Å². The lowest BCUT2D eigenvalue weighted by molar-refractivity contribution is -0.0240. The number of ether oxygens (including phenoxy) is 1. The van der Waals surface area contributed by atoms with Crippen molar-refractivity contribution in [3.05, 3.63) is 0 Å². The van der Waals surface area contributed by atoms with Gasteiger partial charge in [-0.2, -0.15) is 0 Å². The second kappa shape index (κ2) is 8.86. The summed E-state index contributed by atoms with van der Waals surface area (Å²) in [5.41, 5.74) is 0. The highest BCUT2D eigenvalue weighted by atomic mass is 16.5. The molecule has 0 aliphatic heterocycles. The van der Waals surface area contributed by atoms with Crippen LogP contribution in [0.3, 0.4) is 0 Å². The van der Waals surface area contributed by atoms with Gasteiger partial charge in [0.15, 0.2) is 0 Å². The first-order chi connectivity index (χ1) is 8.63. The minimum absolute atomic E-state index is 0.169. The first kappa shape index (κ1) is 15.9. The Morgan fingerprint density at radius 1 is 1.22 bits per heavy atom. The third kappa shape index (κ3) is 6.14. The van der Waals surface area contributed by atoms with E-state index < -0.39 is 6.10 Å². The van der Waals surface area contributed by atoms with E-state index >= 15 is 0 Å². The molecule has 0 saturated heterocycles. The molecule has 0 radical (unpaired) electrons. The van der Waals surface area contributed by atoms with E-state index in [0.717, 1.165) is 12.8 Å². The van der Waals surface area contributed by atoms with Gasteiger partial charge in [-0.1, -0.05) is 26.2 Å². The largest absolute Gasteiger partial charge is 0.396 e. The maximum Gasteiger partial charge on any atom is 0.0897 e. The Labute approximate surface area is 111 Å². The highest BCUT2D eigenvalue weighted by Gasteiger charge is 2.16. The summed E-state index contributed by atoms with van der Waals surface area (Å²) in [6.07, 6.45) is 5.99. The van der Waals surface area contributed by atoms with Crippen LogP contribution >= 0.6 is 0 Å². The van der Waals surface area contributed by atoms with Gasteiger partial charge < -0.3 is 20.3 Å². The van der Waals surface area contributed by atoms with Gasteiger partial charge in [0.1, 0.15) is 0 Å². The van der Waals surface area contributed by atoms with Crippen LogP contribution in [-0.4, -0.2) is 48.2 Å². The molecule has 1 rings (SSSR count). The minimum atomic E-state index is -0.458. The van der Waals surface area contributed by atoms with E-state index in [-0.39, 0.29) is 18.6 Å². The molecule has 108 valence electrons. The van der Waals surface area contributed by atoms with Crippen LogP contribution in [-0.2, 0) is 4.74 Å². The van der Waals surface area contributed by atoms with E-state index in [4.69, 9.17) is 9.84 Å². The predicted octanol–water partition coefficient (Wildman–Crippen LogP) is 1.30. The lowest BCUT2D eigenvalue weighted by Crippen LogP contribution is -2.40. The normalized spacial score (nSPS) is 22.7. The molecule has 18 heavy (non-hydrogen) atoms. The van der Waals surface area contributed by atoms with Crippen molar-refractivity contribution in [1.29, 1.82) is 0 Å². The average Bonchev–Trinajstić information content (AvgIpc) is 2.42. The molecule has 1 aliphatic rings. The number of nitrogens with one attached hydrogen (secondary N) is 1. The molecular formula is C14H29NO3. The second-order valence-corrected chi connectivity index (χ2v) is 5.60. The Hall–Kier alpha value is -0.160. The summed E-state index contributed by atoms with van der Waals surface area (Å²) in [6, 6.07) is 0.208. The van der Waals surface area contributed by atoms with Gasteiger partial charge in [-0.25, -0.2) is 0 Å². The van der Waals surface area contributed by atoms with E-state index in [1.54, 1.807) is 0 Å². The highest BCUT2D eigenvalue weighted by Crippen LogP contribution is 2.20. The molecule has 3 N–H and O–H groups in total. The molecule has 1 saturated carbocycles. The Kier molecular flexibility index (Phi) is 7.82. The second-order valence-electron chi connectivity index (χ2n) is 5.60. The van der Waals surface area contributed by atoms with Crippen molar-refractivity contribution in [3.8, 4) is 0 Å². The molecule has 0 heterocycles. The molecule has 0 aromatic carbocycles. The SMILES string of the molecule is CC(CO)C(C)NCC(O)COC1CCCCC1. The molecule has 3 unspecified atom stereocenters. The van der Waals surface area contributed by atoms with Crippen molar-refractivity contribution in [1.82, 2.24) is 5.32 Å². The molecule has 0 amide bonds. The van der Waals surface area contributed by atoms with Crippen molar-refractivity contribution in [2.45, 2.75) is 64.2 Å². The van der Waals surface area contributed by atoms with Gasteiger partial charge >= 0.3 is 0 Å². The third-order valence-corrected chi connectivity index (χ3v) is 3.89. The Morgan fingerprint density at radius 2 is 1.89 bits per heavy atom. The molecule has 4 heteroatoms. The fraction of sp³-hybridized carbons (Fsp3) is 1.00. The fourth-order valence-corrected chi connectivity index (χ4v) is 2.22. The summed E-state index contributed by atoms with van der Waals surface area (Å²) in [5.74, 6) is 0.205. The monoisotopic (exact) mass is 259 g/mol. The Bertz CT molecular complexity index is 201. The molecule has 0 aromatic heterocycles. The van der Waals surface area contributed by atoms with E-state index in [9.17, 15) is 5.11 Å². The van der Waals surface area contributed by atoms with Crippen molar-refractivity contribution in [2.24, 2.45) is 5.92 Å². The number of hydrogen-bond acceptors (Lipinski definition) is 4. The van der Waals surface area contributed by atoms with Gasteiger partial charge in [0.25, 0.3) is 0 Å². The summed E-state index contributed by atoms with van der Waals surface area (Å²) in [4.78, 5) is 0.